The van der Waals surface area contributed by atoms with Crippen molar-refractivity contribution in [3.63, 3.8) is 0 Å². The molecule has 1 aromatic heterocycles. The molecule has 0 aliphatic heterocycles. The van der Waals surface area contributed by atoms with Crippen LogP contribution in [-0.2, 0) is 16.1 Å². The lowest BCUT2D eigenvalue weighted by molar-refractivity contribution is -0.137. The Bertz CT molecular complexity index is 910. The Hall–Kier alpha value is -3.01. The maximum atomic E-state index is 12.0. The van der Waals surface area contributed by atoms with Gasteiger partial charge in [0.2, 0.25) is 0 Å². The second-order valence-electron chi connectivity index (χ2n) is 6.08. The van der Waals surface area contributed by atoms with Gasteiger partial charge in [0, 0.05) is 35.4 Å². The molecular weight excluding hydrogens is 324 g/mol. The van der Waals surface area contributed by atoms with Gasteiger partial charge in [0.15, 0.2) is 0 Å². The maximum Gasteiger partial charge on any atom is 0.332 e. The van der Waals surface area contributed by atoms with Crippen molar-refractivity contribution >= 4 is 28.3 Å². The smallest absolute Gasteiger partial charge is 0.332 e. The average Bonchev–Trinajstić information content (AvgIpc) is 3.05. The first-order chi connectivity index (χ1) is 12.7. The van der Waals surface area contributed by atoms with Crippen LogP contribution in [0.2, 0.25) is 0 Å². The molecule has 4 nitrogen and oxygen atoms in total. The summed E-state index contributed by atoms with van der Waals surface area (Å²) in [4.78, 5) is 12.0. The van der Waals surface area contributed by atoms with Crippen molar-refractivity contribution < 1.29 is 9.53 Å². The number of benzene rings is 2. The lowest BCUT2D eigenvalue weighted by Gasteiger charge is -2.12. The SMILES string of the molecule is CCCn1ccc2cc(N/C(=C/C(=O)OCC)c3ccccc3)ccc21. The number of hydrogen-bond acceptors (Lipinski definition) is 3. The highest BCUT2D eigenvalue weighted by Gasteiger charge is 2.08. The van der Waals surface area contributed by atoms with Crippen LogP contribution in [0.5, 0.6) is 0 Å². The van der Waals surface area contributed by atoms with Crippen LogP contribution in [0.1, 0.15) is 25.8 Å². The molecule has 0 spiro atoms. The molecule has 1 N–H and O–H groups in total. The first kappa shape index (κ1) is 17.8. The highest BCUT2D eigenvalue weighted by atomic mass is 16.5. The topological polar surface area (TPSA) is 43.3 Å². The monoisotopic (exact) mass is 348 g/mol. The van der Waals surface area contributed by atoms with E-state index in [1.807, 2.05) is 36.4 Å². The van der Waals surface area contributed by atoms with Gasteiger partial charge < -0.3 is 14.6 Å². The molecule has 2 aromatic carbocycles. The Balaban J connectivity index is 1.91. The fourth-order valence-electron chi connectivity index (χ4n) is 2.98. The molecule has 0 unspecified atom stereocenters. The van der Waals surface area contributed by atoms with Gasteiger partial charge in [-0.15, -0.1) is 0 Å². The standard InChI is InChI=1S/C22H24N2O2/c1-3-13-24-14-12-18-15-19(10-11-21(18)24)23-20(16-22(25)26-4-2)17-8-6-5-7-9-17/h5-12,14-16,23H,3-4,13H2,1-2H3/b20-16+. The van der Waals surface area contributed by atoms with Gasteiger partial charge in [-0.05, 0) is 43.2 Å². The summed E-state index contributed by atoms with van der Waals surface area (Å²) in [7, 11) is 0. The number of carbonyl (C=O) groups is 1. The Morgan fingerprint density at radius 1 is 1.12 bits per heavy atom. The van der Waals surface area contributed by atoms with Gasteiger partial charge in [0.25, 0.3) is 0 Å². The molecule has 26 heavy (non-hydrogen) atoms. The second-order valence-corrected chi connectivity index (χ2v) is 6.08. The van der Waals surface area contributed by atoms with E-state index in [-0.39, 0.29) is 5.97 Å². The van der Waals surface area contributed by atoms with Crippen molar-refractivity contribution in [1.29, 1.82) is 0 Å². The predicted molar refractivity (Wildman–Crippen MR) is 107 cm³/mol. The summed E-state index contributed by atoms with van der Waals surface area (Å²) in [5.74, 6) is -0.353. The third-order valence-corrected chi connectivity index (χ3v) is 4.15. The summed E-state index contributed by atoms with van der Waals surface area (Å²) in [5.41, 5.74) is 3.81. The van der Waals surface area contributed by atoms with Gasteiger partial charge in [-0.25, -0.2) is 4.79 Å². The number of ether oxygens (including phenoxy) is 1. The van der Waals surface area contributed by atoms with Gasteiger partial charge in [0.1, 0.15) is 0 Å². The van der Waals surface area contributed by atoms with E-state index in [1.54, 1.807) is 6.92 Å². The van der Waals surface area contributed by atoms with E-state index in [9.17, 15) is 4.79 Å². The minimum atomic E-state index is -0.353. The van der Waals surface area contributed by atoms with Crippen LogP contribution in [0.25, 0.3) is 16.6 Å². The second kappa shape index (κ2) is 8.39. The molecule has 4 heteroatoms. The molecule has 0 bridgehead atoms. The number of anilines is 1. The van der Waals surface area contributed by atoms with Crippen molar-refractivity contribution in [3.05, 3.63) is 72.4 Å². The first-order valence-corrected chi connectivity index (χ1v) is 9.01. The van der Waals surface area contributed by atoms with E-state index >= 15 is 0 Å². The number of aromatic nitrogens is 1. The molecule has 0 fully saturated rings. The summed E-state index contributed by atoms with van der Waals surface area (Å²) in [6.45, 7) is 5.34. The number of fused-ring (bicyclic) bond motifs is 1. The van der Waals surface area contributed by atoms with Crippen LogP contribution in [0, 0.1) is 0 Å². The van der Waals surface area contributed by atoms with E-state index < -0.39 is 0 Å². The molecule has 0 aliphatic rings. The largest absolute Gasteiger partial charge is 0.463 e. The maximum absolute atomic E-state index is 12.0. The fourth-order valence-corrected chi connectivity index (χ4v) is 2.98. The average molecular weight is 348 g/mol. The van der Waals surface area contributed by atoms with Crippen LogP contribution in [-0.4, -0.2) is 17.1 Å². The Kier molecular flexibility index (Phi) is 5.74. The van der Waals surface area contributed by atoms with Crippen LogP contribution in [0.3, 0.4) is 0 Å². The predicted octanol–water partition coefficient (Wildman–Crippen LogP) is 5.07. The molecular formula is C22H24N2O2. The molecule has 3 rings (SSSR count). The number of rotatable bonds is 7. The molecule has 0 saturated carbocycles. The molecule has 1 heterocycles. The molecule has 0 saturated heterocycles. The van der Waals surface area contributed by atoms with Gasteiger partial charge >= 0.3 is 5.97 Å². The molecule has 134 valence electrons. The summed E-state index contributed by atoms with van der Waals surface area (Å²) in [6, 6.07) is 18.2. The van der Waals surface area contributed by atoms with E-state index in [0.717, 1.165) is 29.9 Å². The zero-order chi connectivity index (χ0) is 18.4. The molecule has 3 aromatic rings. The van der Waals surface area contributed by atoms with E-state index in [1.165, 1.54) is 17.0 Å². The zero-order valence-corrected chi connectivity index (χ0v) is 15.2. The summed E-state index contributed by atoms with van der Waals surface area (Å²) in [5, 5.41) is 4.54. The lowest BCUT2D eigenvalue weighted by atomic mass is 10.1. The Morgan fingerprint density at radius 3 is 2.65 bits per heavy atom. The highest BCUT2D eigenvalue weighted by Crippen LogP contribution is 2.24. The van der Waals surface area contributed by atoms with Crippen molar-refractivity contribution in [2.75, 3.05) is 11.9 Å². The first-order valence-electron chi connectivity index (χ1n) is 9.01. The summed E-state index contributed by atoms with van der Waals surface area (Å²) < 4.78 is 7.33. The van der Waals surface area contributed by atoms with Gasteiger partial charge in [-0.3, -0.25) is 0 Å². The zero-order valence-electron chi connectivity index (χ0n) is 15.2. The van der Waals surface area contributed by atoms with Crippen LogP contribution in [0.15, 0.2) is 66.9 Å². The number of nitrogens with one attached hydrogen (secondary N) is 1. The highest BCUT2D eigenvalue weighted by molar-refractivity contribution is 5.95. The summed E-state index contributed by atoms with van der Waals surface area (Å²) in [6.07, 6.45) is 4.72. The third-order valence-electron chi connectivity index (χ3n) is 4.15. The Labute approximate surface area is 154 Å². The van der Waals surface area contributed by atoms with Crippen molar-refractivity contribution in [3.8, 4) is 0 Å². The number of nitrogens with zero attached hydrogens (tertiary/aromatic N) is 1. The van der Waals surface area contributed by atoms with Crippen LogP contribution >= 0.6 is 0 Å². The third kappa shape index (κ3) is 4.14. The van der Waals surface area contributed by atoms with Crippen LogP contribution in [0.4, 0.5) is 5.69 Å². The number of esters is 1. The normalized spacial score (nSPS) is 11.5. The minimum Gasteiger partial charge on any atom is -0.463 e. The van der Waals surface area contributed by atoms with Gasteiger partial charge in [-0.2, -0.15) is 0 Å². The minimum absolute atomic E-state index is 0.353. The molecule has 0 atom stereocenters. The van der Waals surface area contributed by atoms with Crippen molar-refractivity contribution in [2.45, 2.75) is 26.8 Å². The fraction of sp³-hybridized carbons (Fsp3) is 0.227. The molecule has 0 radical (unpaired) electrons. The number of aryl methyl sites for hydroxylation is 1. The van der Waals surface area contributed by atoms with Gasteiger partial charge in [0.05, 0.1) is 12.3 Å². The molecule has 0 amide bonds. The Morgan fingerprint density at radius 2 is 1.92 bits per heavy atom. The van der Waals surface area contributed by atoms with E-state index in [0.29, 0.717) is 6.61 Å². The number of hydrogen-bond donors (Lipinski definition) is 1. The van der Waals surface area contributed by atoms with Crippen LogP contribution < -0.4 is 5.32 Å². The number of carbonyl (C=O) groups excluding carboxylic acids is 1. The summed E-state index contributed by atoms with van der Waals surface area (Å²) >= 11 is 0. The molecule has 0 aliphatic carbocycles. The lowest BCUT2D eigenvalue weighted by Crippen LogP contribution is -2.06. The quantitative estimate of drug-likeness (QED) is 0.479. The van der Waals surface area contributed by atoms with Crippen molar-refractivity contribution in [1.82, 2.24) is 4.57 Å². The van der Waals surface area contributed by atoms with Gasteiger partial charge in [-0.1, -0.05) is 37.3 Å². The van der Waals surface area contributed by atoms with Crippen molar-refractivity contribution in [2.24, 2.45) is 0 Å². The van der Waals surface area contributed by atoms with E-state index in [2.05, 4.69) is 41.2 Å². The van der Waals surface area contributed by atoms with E-state index in [4.69, 9.17) is 4.74 Å².